The van der Waals surface area contributed by atoms with Gasteiger partial charge in [0.05, 0.1) is 0 Å². The van der Waals surface area contributed by atoms with E-state index in [1.54, 1.807) is 6.08 Å². The number of hydrogen-bond donors (Lipinski definition) is 0. The van der Waals surface area contributed by atoms with Crippen LogP contribution >= 0.6 is 0 Å². The molecule has 0 saturated carbocycles. The maximum atomic E-state index is 11.0. The Bertz CT molecular complexity index is 86.9. The first-order chi connectivity index (χ1) is 4.06. The average Bonchev–Trinajstić information content (AvgIpc) is 1.68. The van der Waals surface area contributed by atoms with Crippen LogP contribution in [0.5, 0.6) is 0 Å². The van der Waals surface area contributed by atoms with Crippen LogP contribution in [0.15, 0.2) is 24.6 Å². The fourth-order valence-electron chi connectivity index (χ4n) is 0. The molecular weight excluding hydrogens is 129 g/mol. The molecule has 9 heavy (non-hydrogen) atoms. The highest BCUT2D eigenvalue weighted by atomic mass is 19.3. The van der Waals surface area contributed by atoms with E-state index in [-0.39, 0.29) is 0 Å². The van der Waals surface area contributed by atoms with Gasteiger partial charge in [0.1, 0.15) is 0 Å². The lowest BCUT2D eigenvalue weighted by atomic mass is 10.7. The molecule has 0 atom stereocenters. The lowest BCUT2D eigenvalue weighted by Gasteiger charge is -1.73. The quantitative estimate of drug-likeness (QED) is 0.450. The molecule has 0 N–H and O–H groups in total. The molecule has 0 rings (SSSR count). The van der Waals surface area contributed by atoms with Gasteiger partial charge < -0.3 is 0 Å². The zero-order valence-electron chi connectivity index (χ0n) is 5.42. The van der Waals surface area contributed by atoms with E-state index in [2.05, 4.69) is 6.58 Å². The molecule has 0 radical (unpaired) electrons. The summed E-state index contributed by atoms with van der Waals surface area (Å²) >= 11 is 0. The lowest BCUT2D eigenvalue weighted by molar-refractivity contribution is 0.380. The first-order valence-corrected chi connectivity index (χ1v) is 2.30. The molecule has 54 valence electrons. The van der Waals surface area contributed by atoms with Crippen LogP contribution in [0.1, 0.15) is 13.8 Å². The summed E-state index contributed by atoms with van der Waals surface area (Å²) in [6, 6.07) is 0. The monoisotopic (exact) mass is 138 g/mol. The molecule has 0 aliphatic rings. The Morgan fingerprint density at radius 3 is 1.44 bits per heavy atom. The Morgan fingerprint density at radius 1 is 1.33 bits per heavy atom. The van der Waals surface area contributed by atoms with Gasteiger partial charge in [-0.1, -0.05) is 6.08 Å². The summed E-state index contributed by atoms with van der Waals surface area (Å²) in [5.74, 6) is -1.41. The van der Waals surface area contributed by atoms with E-state index in [0.29, 0.717) is 6.92 Å². The van der Waals surface area contributed by atoms with Crippen molar-refractivity contribution in [2.75, 3.05) is 0 Å². The van der Waals surface area contributed by atoms with E-state index in [1.165, 1.54) is 0 Å². The first-order valence-electron chi connectivity index (χ1n) is 2.30. The van der Waals surface area contributed by atoms with E-state index in [4.69, 9.17) is 0 Å². The molecule has 0 unspecified atom stereocenters. The van der Waals surface area contributed by atoms with Crippen molar-refractivity contribution in [3.05, 3.63) is 24.6 Å². The van der Waals surface area contributed by atoms with Crippen LogP contribution in [-0.4, -0.2) is 0 Å². The third kappa shape index (κ3) is 18.9. The molecule has 0 bridgehead atoms. The summed E-state index contributed by atoms with van der Waals surface area (Å²) in [5, 5.41) is 0. The summed E-state index contributed by atoms with van der Waals surface area (Å²) in [4.78, 5) is 0. The minimum Gasteiger partial charge on any atom is -0.206 e. The van der Waals surface area contributed by atoms with Crippen LogP contribution in [0.3, 0.4) is 0 Å². The van der Waals surface area contributed by atoms with Gasteiger partial charge in [-0.2, -0.15) is 8.78 Å². The molecule has 0 aromatic carbocycles. The van der Waals surface area contributed by atoms with E-state index in [9.17, 15) is 13.2 Å². The third-order valence-electron chi connectivity index (χ3n) is 0.260. The summed E-state index contributed by atoms with van der Waals surface area (Å²) < 4.78 is 32.3. The second-order valence-corrected chi connectivity index (χ2v) is 1.20. The summed E-state index contributed by atoms with van der Waals surface area (Å²) in [5.41, 5.74) is 0. The van der Waals surface area contributed by atoms with Gasteiger partial charge in [0.15, 0.2) is 5.83 Å². The molecule has 0 spiro atoms. The Labute approximate surface area is 52.7 Å². The van der Waals surface area contributed by atoms with Gasteiger partial charge in [0.2, 0.25) is 0 Å². The summed E-state index contributed by atoms with van der Waals surface area (Å²) in [7, 11) is 0. The highest BCUT2D eigenvalue weighted by Gasteiger charge is 1.92. The van der Waals surface area contributed by atoms with E-state index in [1.807, 2.05) is 6.92 Å². The zero-order chi connectivity index (χ0) is 7.86. The summed E-state index contributed by atoms with van der Waals surface area (Å²) in [6.45, 7) is 5.95. The number of halogens is 3. The molecule has 0 aliphatic heterocycles. The molecule has 3 heteroatoms. The Kier molecular flexibility index (Phi) is 8.98. The van der Waals surface area contributed by atoms with Gasteiger partial charge >= 0.3 is 6.08 Å². The Morgan fingerprint density at radius 2 is 1.44 bits per heavy atom. The van der Waals surface area contributed by atoms with Crippen molar-refractivity contribution in [2.24, 2.45) is 0 Å². The maximum absolute atomic E-state index is 11.0. The maximum Gasteiger partial charge on any atom is 0.301 e. The lowest BCUT2D eigenvalue weighted by Crippen LogP contribution is -1.59. The van der Waals surface area contributed by atoms with Crippen molar-refractivity contribution in [2.45, 2.75) is 13.8 Å². The molecule has 0 nitrogen and oxygen atoms in total. The molecular formula is C6H9F3. The zero-order valence-corrected chi connectivity index (χ0v) is 5.42. The van der Waals surface area contributed by atoms with E-state index >= 15 is 0 Å². The molecule has 0 saturated heterocycles. The smallest absolute Gasteiger partial charge is 0.206 e. The van der Waals surface area contributed by atoms with Crippen LogP contribution < -0.4 is 0 Å². The van der Waals surface area contributed by atoms with Crippen molar-refractivity contribution in [3.63, 3.8) is 0 Å². The number of allylic oxidation sites excluding steroid dienone is 2. The fraction of sp³-hybridized carbons (Fsp3) is 0.333. The van der Waals surface area contributed by atoms with Crippen LogP contribution in [0.4, 0.5) is 13.2 Å². The minimum atomic E-state index is -2.24. The normalized spacial score (nSPS) is 6.78. The van der Waals surface area contributed by atoms with Crippen molar-refractivity contribution in [1.82, 2.24) is 0 Å². The SMILES string of the molecule is C=CC.CC(F)=C(F)F. The van der Waals surface area contributed by atoms with E-state index in [0.717, 1.165) is 0 Å². The van der Waals surface area contributed by atoms with Crippen molar-refractivity contribution < 1.29 is 13.2 Å². The van der Waals surface area contributed by atoms with Gasteiger partial charge in [-0.25, -0.2) is 4.39 Å². The first kappa shape index (κ1) is 11.1. The van der Waals surface area contributed by atoms with Crippen molar-refractivity contribution >= 4 is 0 Å². The fourth-order valence-corrected chi connectivity index (χ4v) is 0. The van der Waals surface area contributed by atoms with Crippen LogP contribution in [-0.2, 0) is 0 Å². The second kappa shape index (κ2) is 7.27. The van der Waals surface area contributed by atoms with Gasteiger partial charge in [-0.05, 0) is 13.8 Å². The highest BCUT2D eigenvalue weighted by molar-refractivity contribution is 4.84. The van der Waals surface area contributed by atoms with Crippen LogP contribution in [0.2, 0.25) is 0 Å². The van der Waals surface area contributed by atoms with Crippen LogP contribution in [0, 0.1) is 0 Å². The predicted octanol–water partition coefficient (Wildman–Crippen LogP) is 3.28. The van der Waals surface area contributed by atoms with Gasteiger partial charge in [-0.3, -0.25) is 0 Å². The van der Waals surface area contributed by atoms with E-state index < -0.39 is 11.9 Å². The minimum absolute atomic E-state index is 0.704. The van der Waals surface area contributed by atoms with Gasteiger partial charge in [0.25, 0.3) is 0 Å². The molecule has 0 aromatic heterocycles. The van der Waals surface area contributed by atoms with Crippen molar-refractivity contribution in [3.8, 4) is 0 Å². The molecule has 0 fully saturated rings. The summed E-state index contributed by atoms with van der Waals surface area (Å²) in [6.07, 6.45) is -0.491. The third-order valence-corrected chi connectivity index (χ3v) is 0.260. The van der Waals surface area contributed by atoms with Gasteiger partial charge in [-0.15, -0.1) is 6.58 Å². The average molecular weight is 138 g/mol. The Balaban J connectivity index is 0. The molecule has 0 aliphatic carbocycles. The number of rotatable bonds is 0. The van der Waals surface area contributed by atoms with Gasteiger partial charge in [0, 0.05) is 0 Å². The number of hydrogen-bond acceptors (Lipinski definition) is 0. The molecule has 0 aromatic rings. The highest BCUT2D eigenvalue weighted by Crippen LogP contribution is 2.05. The largest absolute Gasteiger partial charge is 0.301 e. The Hall–Kier alpha value is -0.730. The molecule has 0 heterocycles. The second-order valence-electron chi connectivity index (χ2n) is 1.20. The molecule has 0 amide bonds. The van der Waals surface area contributed by atoms with Crippen molar-refractivity contribution in [1.29, 1.82) is 0 Å². The standard InChI is InChI=1S/C3H3F3.C3H6/c1-2(4)3(5)6;1-3-2/h1H3;3H,1H2,2H3. The predicted molar refractivity (Wildman–Crippen MR) is 31.9 cm³/mol. The topological polar surface area (TPSA) is 0 Å². The van der Waals surface area contributed by atoms with Crippen LogP contribution in [0.25, 0.3) is 0 Å².